The summed E-state index contributed by atoms with van der Waals surface area (Å²) in [5.74, 6) is 0.606. The lowest BCUT2D eigenvalue weighted by Crippen LogP contribution is -2.21. The summed E-state index contributed by atoms with van der Waals surface area (Å²) in [4.78, 5) is 20.5. The van der Waals surface area contributed by atoms with Gasteiger partial charge in [-0.2, -0.15) is 0 Å². The molecule has 31 heavy (non-hydrogen) atoms. The molecule has 0 saturated carbocycles. The van der Waals surface area contributed by atoms with E-state index in [0.717, 1.165) is 34.5 Å². The molecule has 0 aliphatic rings. The van der Waals surface area contributed by atoms with Crippen molar-refractivity contribution in [3.8, 4) is 5.69 Å². The number of benzene rings is 2. The Kier molecular flexibility index (Phi) is 6.99. The molecule has 0 bridgehead atoms. The van der Waals surface area contributed by atoms with Crippen LogP contribution in [-0.2, 0) is 12.2 Å². The van der Waals surface area contributed by atoms with E-state index in [9.17, 15) is 4.79 Å². The lowest BCUT2D eigenvalue weighted by atomic mass is 10.1. The van der Waals surface area contributed by atoms with Crippen molar-refractivity contribution in [2.75, 3.05) is 0 Å². The zero-order chi connectivity index (χ0) is 22.1. The van der Waals surface area contributed by atoms with Crippen molar-refractivity contribution >= 4 is 68.1 Å². The zero-order valence-electron chi connectivity index (χ0n) is 16.9. The molecule has 0 N–H and O–H groups in total. The fraction of sp³-hybridized carbons (Fsp3) is 0.217. The average Bonchev–Trinajstić information content (AvgIpc) is 3.06. The number of aryl methyl sites for hydroxylation is 2. The van der Waals surface area contributed by atoms with Crippen LogP contribution in [0.3, 0.4) is 0 Å². The fourth-order valence-electron chi connectivity index (χ4n) is 3.37. The van der Waals surface area contributed by atoms with Gasteiger partial charge < -0.3 is 0 Å². The van der Waals surface area contributed by atoms with E-state index < -0.39 is 0 Å². The van der Waals surface area contributed by atoms with Gasteiger partial charge in [0.2, 0.25) is 0 Å². The van der Waals surface area contributed by atoms with Gasteiger partial charge in [0.25, 0.3) is 5.56 Å². The highest BCUT2D eigenvalue weighted by Gasteiger charge is 2.19. The third kappa shape index (κ3) is 4.67. The summed E-state index contributed by atoms with van der Waals surface area (Å²) in [6, 6.07) is 12.8. The molecule has 0 unspecified atom stereocenters. The second-order valence-corrected chi connectivity index (χ2v) is 10.4. The second-order valence-electron chi connectivity index (χ2n) is 7.13. The first-order valence-electron chi connectivity index (χ1n) is 9.76. The van der Waals surface area contributed by atoms with E-state index in [2.05, 4.69) is 6.92 Å². The van der Waals surface area contributed by atoms with Gasteiger partial charge in [-0.3, -0.25) is 9.36 Å². The maximum atomic E-state index is 13.6. The van der Waals surface area contributed by atoms with E-state index in [1.807, 2.05) is 31.2 Å². The molecule has 2 heterocycles. The first-order chi connectivity index (χ1) is 14.9. The molecule has 4 rings (SSSR count). The molecular formula is C23H19Cl3N2OS2. The largest absolute Gasteiger partial charge is 0.268 e. The van der Waals surface area contributed by atoms with Crippen LogP contribution in [0.15, 0.2) is 52.4 Å². The summed E-state index contributed by atoms with van der Waals surface area (Å²) >= 11 is 21.4. The first kappa shape index (κ1) is 22.7. The van der Waals surface area contributed by atoms with Gasteiger partial charge in [-0.05, 0) is 60.9 Å². The fourth-order valence-corrected chi connectivity index (χ4v) is 6.09. The van der Waals surface area contributed by atoms with Gasteiger partial charge in [-0.25, -0.2) is 4.98 Å². The molecule has 160 valence electrons. The Labute approximate surface area is 204 Å². The highest BCUT2D eigenvalue weighted by molar-refractivity contribution is 7.98. The van der Waals surface area contributed by atoms with E-state index in [0.29, 0.717) is 31.4 Å². The van der Waals surface area contributed by atoms with Crippen LogP contribution in [0.5, 0.6) is 0 Å². The average molecular weight is 510 g/mol. The highest BCUT2D eigenvalue weighted by Crippen LogP contribution is 2.33. The number of thiophene rings is 1. The smallest absolute Gasteiger partial charge is 0.267 e. The molecule has 8 heteroatoms. The number of hydrogen-bond donors (Lipinski definition) is 0. The van der Waals surface area contributed by atoms with Gasteiger partial charge in [0.15, 0.2) is 5.16 Å². The number of nitrogens with zero attached hydrogens (tertiary/aromatic N) is 2. The Morgan fingerprint density at radius 1 is 1.06 bits per heavy atom. The Morgan fingerprint density at radius 2 is 1.81 bits per heavy atom. The normalized spacial score (nSPS) is 11.4. The summed E-state index contributed by atoms with van der Waals surface area (Å²) in [6.07, 6.45) is 1.97. The number of fused-ring (bicyclic) bond motifs is 1. The molecule has 0 spiro atoms. The molecule has 0 saturated heterocycles. The third-order valence-electron chi connectivity index (χ3n) is 4.95. The van der Waals surface area contributed by atoms with Crippen LogP contribution in [0.2, 0.25) is 15.1 Å². The van der Waals surface area contributed by atoms with Crippen LogP contribution in [0.25, 0.3) is 15.9 Å². The molecular weight excluding hydrogens is 491 g/mol. The van der Waals surface area contributed by atoms with E-state index in [1.165, 1.54) is 16.6 Å². The molecule has 0 radical (unpaired) electrons. The summed E-state index contributed by atoms with van der Waals surface area (Å²) in [6.45, 7) is 4.16. The second kappa shape index (κ2) is 9.55. The molecule has 0 aliphatic carbocycles. The van der Waals surface area contributed by atoms with Crippen molar-refractivity contribution < 1.29 is 0 Å². The molecule has 0 atom stereocenters. The van der Waals surface area contributed by atoms with Gasteiger partial charge in [0, 0.05) is 15.7 Å². The van der Waals surface area contributed by atoms with Gasteiger partial charge >= 0.3 is 0 Å². The standard InChI is InChI=1S/C23H19Cl3N2OS2/c1-3-4-19-13(2)20-21(31-19)27-23(30-12-14-5-10-17(25)18(26)11-14)28(22(20)29)16-8-6-15(24)7-9-16/h5-11H,3-4,12H2,1-2H3. The Bertz CT molecular complexity index is 1310. The van der Waals surface area contributed by atoms with E-state index >= 15 is 0 Å². The van der Waals surface area contributed by atoms with Gasteiger partial charge in [0.05, 0.1) is 21.1 Å². The molecule has 0 amide bonds. The first-order valence-corrected chi connectivity index (χ1v) is 12.7. The SMILES string of the molecule is CCCc1sc2nc(SCc3ccc(Cl)c(Cl)c3)n(-c3ccc(Cl)cc3)c(=O)c2c1C. The number of halogens is 3. The molecule has 2 aromatic heterocycles. The van der Waals surface area contributed by atoms with Crippen LogP contribution in [0.4, 0.5) is 0 Å². The van der Waals surface area contributed by atoms with E-state index in [4.69, 9.17) is 39.8 Å². The van der Waals surface area contributed by atoms with Crippen LogP contribution in [0.1, 0.15) is 29.3 Å². The molecule has 0 fully saturated rings. The van der Waals surface area contributed by atoms with Gasteiger partial charge in [0.1, 0.15) is 4.83 Å². The summed E-state index contributed by atoms with van der Waals surface area (Å²) in [5, 5.41) is 2.98. The summed E-state index contributed by atoms with van der Waals surface area (Å²) in [7, 11) is 0. The van der Waals surface area contributed by atoms with Crippen molar-refractivity contribution in [3.05, 3.63) is 83.9 Å². The van der Waals surface area contributed by atoms with Crippen molar-refractivity contribution in [3.63, 3.8) is 0 Å². The lowest BCUT2D eigenvalue weighted by Gasteiger charge is -2.13. The van der Waals surface area contributed by atoms with Crippen LogP contribution >= 0.6 is 57.9 Å². The predicted molar refractivity (Wildman–Crippen MR) is 135 cm³/mol. The maximum Gasteiger partial charge on any atom is 0.267 e. The number of aromatic nitrogens is 2. The minimum absolute atomic E-state index is 0.0555. The van der Waals surface area contributed by atoms with Crippen LogP contribution < -0.4 is 5.56 Å². The van der Waals surface area contributed by atoms with Gasteiger partial charge in [-0.15, -0.1) is 11.3 Å². The van der Waals surface area contributed by atoms with Crippen molar-refractivity contribution in [1.29, 1.82) is 0 Å². The Hall–Kier alpha value is -1.50. The number of hydrogen-bond acceptors (Lipinski definition) is 4. The van der Waals surface area contributed by atoms with Crippen molar-refractivity contribution in [1.82, 2.24) is 9.55 Å². The van der Waals surface area contributed by atoms with Gasteiger partial charge in [-0.1, -0.05) is 66.0 Å². The zero-order valence-corrected chi connectivity index (χ0v) is 20.8. The minimum Gasteiger partial charge on any atom is -0.268 e. The Balaban J connectivity index is 1.84. The highest BCUT2D eigenvalue weighted by atomic mass is 35.5. The quantitative estimate of drug-likeness (QED) is 0.195. The van der Waals surface area contributed by atoms with E-state index in [1.54, 1.807) is 34.1 Å². The molecule has 2 aromatic carbocycles. The third-order valence-corrected chi connectivity index (χ3v) is 8.19. The summed E-state index contributed by atoms with van der Waals surface area (Å²) in [5.41, 5.74) is 2.72. The minimum atomic E-state index is -0.0555. The molecule has 0 aliphatic heterocycles. The van der Waals surface area contributed by atoms with Crippen LogP contribution in [0, 0.1) is 6.92 Å². The Morgan fingerprint density at radius 3 is 2.48 bits per heavy atom. The van der Waals surface area contributed by atoms with Crippen LogP contribution in [-0.4, -0.2) is 9.55 Å². The number of thioether (sulfide) groups is 1. The molecule has 3 nitrogen and oxygen atoms in total. The summed E-state index contributed by atoms with van der Waals surface area (Å²) < 4.78 is 1.68. The monoisotopic (exact) mass is 508 g/mol. The lowest BCUT2D eigenvalue weighted by molar-refractivity contribution is 0.821. The van der Waals surface area contributed by atoms with Crippen molar-refractivity contribution in [2.45, 2.75) is 37.6 Å². The van der Waals surface area contributed by atoms with Crippen molar-refractivity contribution in [2.24, 2.45) is 0 Å². The predicted octanol–water partition coefficient (Wildman–Crippen LogP) is 7.96. The maximum absolute atomic E-state index is 13.6. The van der Waals surface area contributed by atoms with E-state index in [-0.39, 0.29) is 5.56 Å². The number of rotatable bonds is 6. The topological polar surface area (TPSA) is 34.9 Å². The molecule has 4 aromatic rings.